The number of carboxylic acids is 1. The molecular formula is C11H11FN2O6S. The number of sulfonamides is 1. The predicted molar refractivity (Wildman–Crippen MR) is 67.6 cm³/mol. The van der Waals surface area contributed by atoms with Crippen molar-refractivity contribution in [3.63, 3.8) is 0 Å². The normalized spacial score (nSPS) is 19.6. The third-order valence-electron chi connectivity index (χ3n) is 3.20. The molecule has 8 nitrogen and oxygen atoms in total. The maximum absolute atomic E-state index is 13.7. The number of hydrogen-bond donors (Lipinski definition) is 1. The topological polar surface area (TPSA) is 118 Å². The van der Waals surface area contributed by atoms with E-state index < -0.39 is 43.4 Å². The van der Waals surface area contributed by atoms with Crippen LogP contribution in [0, 0.1) is 15.9 Å². The molecule has 0 radical (unpaired) electrons. The Morgan fingerprint density at radius 2 is 2.14 bits per heavy atom. The molecule has 1 N–H and O–H groups in total. The molecule has 2 rings (SSSR count). The van der Waals surface area contributed by atoms with Crippen LogP contribution in [0.1, 0.15) is 12.8 Å². The van der Waals surface area contributed by atoms with Crippen LogP contribution in [0.3, 0.4) is 0 Å². The lowest BCUT2D eigenvalue weighted by atomic mass is 10.2. The lowest BCUT2D eigenvalue weighted by Gasteiger charge is -2.21. The van der Waals surface area contributed by atoms with Crippen molar-refractivity contribution in [1.29, 1.82) is 0 Å². The Bertz CT molecular complexity index is 705. The molecule has 114 valence electrons. The average Bonchev–Trinajstić information content (AvgIpc) is 2.88. The Balaban J connectivity index is 2.51. The summed E-state index contributed by atoms with van der Waals surface area (Å²) >= 11 is 0. The first kappa shape index (κ1) is 15.3. The highest BCUT2D eigenvalue weighted by atomic mass is 32.2. The van der Waals surface area contributed by atoms with Crippen molar-refractivity contribution in [3.8, 4) is 0 Å². The minimum Gasteiger partial charge on any atom is -0.480 e. The number of hydrogen-bond acceptors (Lipinski definition) is 5. The zero-order valence-electron chi connectivity index (χ0n) is 10.6. The number of nitro benzene ring substituents is 1. The average molecular weight is 318 g/mol. The van der Waals surface area contributed by atoms with Crippen LogP contribution >= 0.6 is 0 Å². The summed E-state index contributed by atoms with van der Waals surface area (Å²) < 4.78 is 39.1. The van der Waals surface area contributed by atoms with E-state index in [1.807, 2.05) is 0 Å². The van der Waals surface area contributed by atoms with E-state index in [1.165, 1.54) is 0 Å². The van der Waals surface area contributed by atoms with E-state index in [2.05, 4.69) is 0 Å². The van der Waals surface area contributed by atoms with Gasteiger partial charge in [0.25, 0.3) is 5.69 Å². The number of aliphatic carboxylic acids is 1. The van der Waals surface area contributed by atoms with E-state index in [-0.39, 0.29) is 13.0 Å². The van der Waals surface area contributed by atoms with Crippen LogP contribution < -0.4 is 0 Å². The summed E-state index contributed by atoms with van der Waals surface area (Å²) in [5.41, 5.74) is -0.582. The van der Waals surface area contributed by atoms with Gasteiger partial charge in [0.1, 0.15) is 16.8 Å². The third kappa shape index (κ3) is 2.72. The minimum atomic E-state index is -4.45. The van der Waals surface area contributed by atoms with Crippen LogP contribution in [0.5, 0.6) is 0 Å². The SMILES string of the molecule is O=C(O)C1CCCN1S(=O)(=O)c1cc([N+](=O)[O-])ccc1F. The molecule has 1 aliphatic heterocycles. The Morgan fingerprint density at radius 3 is 2.71 bits per heavy atom. The van der Waals surface area contributed by atoms with E-state index >= 15 is 0 Å². The van der Waals surface area contributed by atoms with Gasteiger partial charge in [-0.15, -0.1) is 0 Å². The Hall–Kier alpha value is -2.07. The molecule has 0 aliphatic carbocycles. The molecular weight excluding hydrogens is 307 g/mol. The number of nitro groups is 1. The smallest absolute Gasteiger partial charge is 0.322 e. The first-order valence-corrected chi connectivity index (χ1v) is 7.37. The molecule has 1 aromatic carbocycles. The van der Waals surface area contributed by atoms with Crippen molar-refractivity contribution >= 4 is 21.7 Å². The fraction of sp³-hybridized carbons (Fsp3) is 0.364. The Kier molecular flexibility index (Phi) is 3.92. The molecule has 0 bridgehead atoms. The first-order valence-electron chi connectivity index (χ1n) is 5.93. The van der Waals surface area contributed by atoms with Gasteiger partial charge < -0.3 is 5.11 Å². The van der Waals surface area contributed by atoms with Gasteiger partial charge in [0.05, 0.1) is 4.92 Å². The van der Waals surface area contributed by atoms with Crippen molar-refractivity contribution < 1.29 is 27.6 Å². The van der Waals surface area contributed by atoms with E-state index in [9.17, 15) is 27.7 Å². The van der Waals surface area contributed by atoms with Crippen LogP contribution in [-0.2, 0) is 14.8 Å². The second-order valence-corrected chi connectivity index (χ2v) is 6.34. The van der Waals surface area contributed by atoms with Gasteiger partial charge in [0.15, 0.2) is 0 Å². The van der Waals surface area contributed by atoms with Crippen LogP contribution in [-0.4, -0.2) is 41.3 Å². The number of rotatable bonds is 4. The summed E-state index contributed by atoms with van der Waals surface area (Å²) in [6, 6.07) is 0.833. The fourth-order valence-corrected chi connectivity index (χ4v) is 3.94. The third-order valence-corrected chi connectivity index (χ3v) is 5.12. The molecule has 0 spiro atoms. The minimum absolute atomic E-state index is 0.0680. The second-order valence-electron chi connectivity index (χ2n) is 4.48. The molecule has 21 heavy (non-hydrogen) atoms. The number of carboxylic acid groups (broad SMARTS) is 1. The van der Waals surface area contributed by atoms with Gasteiger partial charge in [-0.2, -0.15) is 4.31 Å². The largest absolute Gasteiger partial charge is 0.480 e. The number of benzene rings is 1. The molecule has 1 fully saturated rings. The molecule has 1 unspecified atom stereocenters. The Morgan fingerprint density at radius 1 is 1.48 bits per heavy atom. The lowest BCUT2D eigenvalue weighted by molar-refractivity contribution is -0.385. The summed E-state index contributed by atoms with van der Waals surface area (Å²) in [7, 11) is -4.45. The molecule has 0 aromatic heterocycles. The predicted octanol–water partition coefficient (Wildman–Crippen LogP) is 0.972. The molecule has 10 heteroatoms. The number of halogens is 1. The highest BCUT2D eigenvalue weighted by Crippen LogP contribution is 2.29. The summed E-state index contributed by atoms with van der Waals surface area (Å²) in [5.74, 6) is -2.49. The number of non-ortho nitro benzene ring substituents is 1. The van der Waals surface area contributed by atoms with Crippen LogP contribution in [0.15, 0.2) is 23.1 Å². The van der Waals surface area contributed by atoms with Gasteiger partial charge in [-0.1, -0.05) is 0 Å². The van der Waals surface area contributed by atoms with Gasteiger partial charge in [-0.3, -0.25) is 14.9 Å². The molecule has 1 atom stereocenters. The van der Waals surface area contributed by atoms with Gasteiger partial charge >= 0.3 is 5.97 Å². The Labute approximate surface area is 119 Å². The van der Waals surface area contributed by atoms with E-state index in [4.69, 9.17) is 5.11 Å². The highest BCUT2D eigenvalue weighted by Gasteiger charge is 2.41. The quantitative estimate of drug-likeness (QED) is 0.653. The number of carbonyl (C=O) groups is 1. The molecule has 1 aliphatic rings. The summed E-state index contributed by atoms with van der Waals surface area (Å²) in [4.78, 5) is 20.0. The fourth-order valence-electron chi connectivity index (χ4n) is 2.20. The molecule has 0 saturated carbocycles. The van der Waals surface area contributed by atoms with E-state index in [0.29, 0.717) is 22.9 Å². The van der Waals surface area contributed by atoms with Crippen LogP contribution in [0.4, 0.5) is 10.1 Å². The van der Waals surface area contributed by atoms with E-state index in [1.54, 1.807) is 0 Å². The summed E-state index contributed by atoms with van der Waals surface area (Å²) in [6.07, 6.45) is 0.442. The highest BCUT2D eigenvalue weighted by molar-refractivity contribution is 7.89. The maximum atomic E-state index is 13.7. The van der Waals surface area contributed by atoms with Crippen molar-refractivity contribution in [2.75, 3.05) is 6.54 Å². The first-order chi connectivity index (χ1) is 9.75. The second kappa shape index (κ2) is 5.37. The molecule has 0 amide bonds. The lowest BCUT2D eigenvalue weighted by Crippen LogP contribution is -2.40. The zero-order valence-corrected chi connectivity index (χ0v) is 11.4. The standard InChI is InChI=1S/C11H11FN2O6S/c12-8-4-3-7(14(17)18)6-10(8)21(19,20)13-5-1-2-9(13)11(15)16/h3-4,6,9H,1-2,5H2,(H,15,16). The summed E-state index contributed by atoms with van der Waals surface area (Å²) in [6.45, 7) is -0.0680. The van der Waals surface area contributed by atoms with Crippen LogP contribution in [0.2, 0.25) is 0 Å². The van der Waals surface area contributed by atoms with Crippen molar-refractivity contribution in [2.24, 2.45) is 0 Å². The maximum Gasteiger partial charge on any atom is 0.322 e. The van der Waals surface area contributed by atoms with Crippen molar-refractivity contribution in [2.45, 2.75) is 23.8 Å². The van der Waals surface area contributed by atoms with Gasteiger partial charge in [-0.25, -0.2) is 12.8 Å². The number of nitrogens with zero attached hydrogens (tertiary/aromatic N) is 2. The van der Waals surface area contributed by atoms with Crippen LogP contribution in [0.25, 0.3) is 0 Å². The monoisotopic (exact) mass is 318 g/mol. The molecule has 1 saturated heterocycles. The van der Waals surface area contributed by atoms with Crippen molar-refractivity contribution in [3.05, 3.63) is 34.1 Å². The van der Waals surface area contributed by atoms with Gasteiger partial charge in [0.2, 0.25) is 10.0 Å². The molecule has 1 heterocycles. The molecule has 1 aromatic rings. The van der Waals surface area contributed by atoms with Gasteiger partial charge in [0, 0.05) is 18.7 Å². The van der Waals surface area contributed by atoms with E-state index in [0.717, 1.165) is 6.07 Å². The zero-order chi connectivity index (χ0) is 15.8. The van der Waals surface area contributed by atoms with Crippen molar-refractivity contribution in [1.82, 2.24) is 4.31 Å². The van der Waals surface area contributed by atoms with Gasteiger partial charge in [-0.05, 0) is 18.9 Å². The summed E-state index contributed by atoms with van der Waals surface area (Å²) in [5, 5.41) is 19.7.